The predicted molar refractivity (Wildman–Crippen MR) is 101 cm³/mol. The van der Waals surface area contributed by atoms with Crippen molar-refractivity contribution in [1.82, 2.24) is 15.1 Å². The Hall–Kier alpha value is -2.38. The van der Waals surface area contributed by atoms with Gasteiger partial charge in [-0.25, -0.2) is 4.79 Å². The van der Waals surface area contributed by atoms with Crippen LogP contribution in [0.5, 0.6) is 5.75 Å². The molecule has 0 radical (unpaired) electrons. The van der Waals surface area contributed by atoms with Crippen LogP contribution in [0.2, 0.25) is 0 Å². The zero-order valence-corrected chi connectivity index (χ0v) is 15.7. The molecule has 0 bridgehead atoms. The number of hydrogen-bond donors (Lipinski definition) is 3. The van der Waals surface area contributed by atoms with Crippen LogP contribution in [0.15, 0.2) is 42.7 Å². The van der Waals surface area contributed by atoms with E-state index in [1.54, 1.807) is 4.68 Å². The molecule has 1 aromatic carbocycles. The van der Waals surface area contributed by atoms with Crippen LogP contribution in [-0.4, -0.2) is 50.3 Å². The van der Waals surface area contributed by atoms with Gasteiger partial charge in [0.05, 0.1) is 17.9 Å². The van der Waals surface area contributed by atoms with E-state index in [2.05, 4.69) is 10.4 Å². The van der Waals surface area contributed by atoms with E-state index in [0.29, 0.717) is 19.5 Å². The number of aromatic carboxylic acids is 1. The average molecular weight is 373 g/mol. The molecule has 0 saturated heterocycles. The quantitative estimate of drug-likeness (QED) is 0.656. The highest BCUT2D eigenvalue weighted by molar-refractivity contribution is 5.86. The molecule has 3 rings (SSSR count). The summed E-state index contributed by atoms with van der Waals surface area (Å²) in [7, 11) is 0. The van der Waals surface area contributed by atoms with Gasteiger partial charge in [0.1, 0.15) is 11.4 Å². The summed E-state index contributed by atoms with van der Waals surface area (Å²) < 4.78 is 7.68. The summed E-state index contributed by atoms with van der Waals surface area (Å²) >= 11 is 0. The number of carboxylic acid groups (broad SMARTS) is 1. The molecule has 1 saturated carbocycles. The van der Waals surface area contributed by atoms with E-state index in [1.807, 2.05) is 44.2 Å². The summed E-state index contributed by atoms with van der Waals surface area (Å²) in [6.45, 7) is 5.25. The summed E-state index contributed by atoms with van der Waals surface area (Å²) in [5.41, 5.74) is -0.222. The minimum Gasteiger partial charge on any atom is -0.487 e. The van der Waals surface area contributed by atoms with Crippen molar-refractivity contribution >= 4 is 5.97 Å². The highest BCUT2D eigenvalue weighted by Crippen LogP contribution is 2.28. The maximum absolute atomic E-state index is 11.0. The van der Waals surface area contributed by atoms with Crippen molar-refractivity contribution in [3.8, 4) is 5.75 Å². The Kier molecular flexibility index (Phi) is 5.82. The molecule has 1 aliphatic carbocycles. The number of carbonyl (C=O) groups is 1. The van der Waals surface area contributed by atoms with Crippen molar-refractivity contribution in [1.29, 1.82) is 0 Å². The van der Waals surface area contributed by atoms with Crippen LogP contribution in [0.1, 0.15) is 37.0 Å². The van der Waals surface area contributed by atoms with Crippen molar-refractivity contribution in [3.05, 3.63) is 48.3 Å². The molecule has 7 nitrogen and oxygen atoms in total. The molecule has 0 amide bonds. The van der Waals surface area contributed by atoms with Gasteiger partial charge in [-0.3, -0.25) is 4.68 Å². The molecule has 3 N–H and O–H groups in total. The third-order valence-corrected chi connectivity index (χ3v) is 4.88. The van der Waals surface area contributed by atoms with Gasteiger partial charge in [-0.2, -0.15) is 5.10 Å². The predicted octanol–water partition coefficient (Wildman–Crippen LogP) is 2.17. The summed E-state index contributed by atoms with van der Waals surface area (Å²) in [6.07, 6.45) is 3.93. The summed E-state index contributed by atoms with van der Waals surface area (Å²) in [6, 6.07) is 9.68. The SMILES string of the molecule is CC(C)(CN[C@@H]1CC(Cn2cc(C(=O)O)cn2)C[C@H]1O)Oc1ccccc1. The van der Waals surface area contributed by atoms with Crippen LogP contribution < -0.4 is 10.1 Å². The maximum atomic E-state index is 11.0. The van der Waals surface area contributed by atoms with Gasteiger partial charge in [0.15, 0.2) is 0 Å². The molecule has 27 heavy (non-hydrogen) atoms. The Morgan fingerprint density at radius 3 is 2.74 bits per heavy atom. The molecule has 1 aromatic heterocycles. The first-order valence-corrected chi connectivity index (χ1v) is 9.24. The van der Waals surface area contributed by atoms with Gasteiger partial charge in [0, 0.05) is 25.3 Å². The number of nitrogens with one attached hydrogen (secondary N) is 1. The van der Waals surface area contributed by atoms with Crippen molar-refractivity contribution in [2.45, 2.75) is 51.0 Å². The van der Waals surface area contributed by atoms with E-state index in [0.717, 1.165) is 12.2 Å². The molecule has 1 fully saturated rings. The fourth-order valence-electron chi connectivity index (χ4n) is 3.55. The number of nitrogens with zero attached hydrogens (tertiary/aromatic N) is 2. The number of aromatic nitrogens is 2. The highest BCUT2D eigenvalue weighted by atomic mass is 16.5. The lowest BCUT2D eigenvalue weighted by molar-refractivity contribution is 0.0696. The van der Waals surface area contributed by atoms with E-state index >= 15 is 0 Å². The zero-order chi connectivity index (χ0) is 19.4. The van der Waals surface area contributed by atoms with Gasteiger partial charge in [-0.1, -0.05) is 18.2 Å². The van der Waals surface area contributed by atoms with Crippen LogP contribution in [0.3, 0.4) is 0 Å². The lowest BCUT2D eigenvalue weighted by atomic mass is 10.1. The van der Waals surface area contributed by atoms with E-state index in [4.69, 9.17) is 9.84 Å². The number of ether oxygens (including phenoxy) is 1. The van der Waals surface area contributed by atoms with Gasteiger partial charge in [-0.05, 0) is 44.7 Å². The Morgan fingerprint density at radius 2 is 2.07 bits per heavy atom. The fraction of sp³-hybridized carbons (Fsp3) is 0.500. The second kappa shape index (κ2) is 8.10. The molecule has 0 aliphatic heterocycles. The smallest absolute Gasteiger partial charge is 0.338 e. The summed E-state index contributed by atoms with van der Waals surface area (Å²) in [5.74, 6) is 0.0900. The normalized spacial score (nSPS) is 22.7. The number of aliphatic hydroxyl groups excluding tert-OH is 1. The van der Waals surface area contributed by atoms with Crippen LogP contribution in [0.4, 0.5) is 0 Å². The van der Waals surface area contributed by atoms with Crippen molar-refractivity contribution in [2.75, 3.05) is 6.54 Å². The molecule has 2 aromatic rings. The summed E-state index contributed by atoms with van der Waals surface area (Å²) in [5, 5.41) is 26.9. The third-order valence-electron chi connectivity index (χ3n) is 4.88. The van der Waals surface area contributed by atoms with Crippen LogP contribution >= 0.6 is 0 Å². The monoisotopic (exact) mass is 373 g/mol. The van der Waals surface area contributed by atoms with E-state index in [1.165, 1.54) is 12.4 Å². The molecule has 146 valence electrons. The molecule has 0 spiro atoms. The molecule has 1 unspecified atom stereocenters. The van der Waals surface area contributed by atoms with Gasteiger partial charge < -0.3 is 20.3 Å². The number of rotatable bonds is 8. The Labute approximate surface area is 159 Å². The Balaban J connectivity index is 1.50. The Bertz CT molecular complexity index is 760. The van der Waals surface area contributed by atoms with Gasteiger partial charge in [-0.15, -0.1) is 0 Å². The summed E-state index contributed by atoms with van der Waals surface area (Å²) in [4.78, 5) is 11.0. The minimum absolute atomic E-state index is 0.0110. The fourth-order valence-corrected chi connectivity index (χ4v) is 3.55. The van der Waals surface area contributed by atoms with Crippen molar-refractivity contribution in [2.24, 2.45) is 5.92 Å². The topological polar surface area (TPSA) is 96.6 Å². The first kappa shape index (κ1) is 19.4. The largest absolute Gasteiger partial charge is 0.487 e. The second-order valence-corrected chi connectivity index (χ2v) is 7.82. The molecule has 3 atom stereocenters. The average Bonchev–Trinajstić information content (AvgIpc) is 3.21. The third kappa shape index (κ3) is 5.30. The molecular formula is C20H27N3O4. The first-order valence-electron chi connectivity index (χ1n) is 9.24. The highest BCUT2D eigenvalue weighted by Gasteiger charge is 2.34. The molecular weight excluding hydrogens is 346 g/mol. The van der Waals surface area contributed by atoms with Crippen LogP contribution in [-0.2, 0) is 6.54 Å². The van der Waals surface area contributed by atoms with E-state index in [9.17, 15) is 9.90 Å². The number of carboxylic acids is 1. The number of hydrogen-bond acceptors (Lipinski definition) is 5. The van der Waals surface area contributed by atoms with Crippen LogP contribution in [0.25, 0.3) is 0 Å². The number of benzene rings is 1. The standard InChI is InChI=1S/C20H27N3O4/c1-20(2,27-16-6-4-3-5-7-16)13-21-17-8-14(9-18(17)24)11-23-12-15(10-22-23)19(25)26/h3-7,10,12,14,17-18,21,24H,8-9,11,13H2,1-2H3,(H,25,26)/t14?,17-,18-/m1/s1. The van der Waals surface area contributed by atoms with Crippen molar-refractivity contribution in [3.63, 3.8) is 0 Å². The second-order valence-electron chi connectivity index (χ2n) is 7.82. The van der Waals surface area contributed by atoms with Gasteiger partial charge in [0.25, 0.3) is 0 Å². The lowest BCUT2D eigenvalue weighted by Crippen LogP contribution is -2.46. The number of aliphatic hydroxyl groups is 1. The Morgan fingerprint density at radius 1 is 1.33 bits per heavy atom. The van der Waals surface area contributed by atoms with Crippen molar-refractivity contribution < 1.29 is 19.7 Å². The zero-order valence-electron chi connectivity index (χ0n) is 15.7. The van der Waals surface area contributed by atoms with Gasteiger partial charge >= 0.3 is 5.97 Å². The first-order chi connectivity index (χ1) is 12.8. The molecule has 7 heteroatoms. The molecule has 1 heterocycles. The minimum atomic E-state index is -0.979. The maximum Gasteiger partial charge on any atom is 0.338 e. The number of para-hydroxylation sites is 1. The van der Waals surface area contributed by atoms with E-state index < -0.39 is 17.7 Å². The lowest BCUT2D eigenvalue weighted by Gasteiger charge is -2.29. The van der Waals surface area contributed by atoms with Gasteiger partial charge in [0.2, 0.25) is 0 Å². The molecule has 1 aliphatic rings. The van der Waals surface area contributed by atoms with Crippen LogP contribution in [0, 0.1) is 5.92 Å². The van der Waals surface area contributed by atoms with E-state index in [-0.39, 0.29) is 17.5 Å².